The van der Waals surface area contributed by atoms with Crippen molar-refractivity contribution in [2.75, 3.05) is 0 Å². The summed E-state index contributed by atoms with van der Waals surface area (Å²) in [5.41, 5.74) is 2.92. The maximum absolute atomic E-state index is 12.5. The zero-order valence-electron chi connectivity index (χ0n) is 12.7. The molecule has 0 saturated heterocycles. The minimum atomic E-state index is -0.135. The summed E-state index contributed by atoms with van der Waals surface area (Å²) in [6.45, 7) is 2.03. The fraction of sp³-hybridized carbons (Fsp3) is 0.0556. The summed E-state index contributed by atoms with van der Waals surface area (Å²) >= 11 is 4.76. The summed E-state index contributed by atoms with van der Waals surface area (Å²) in [5, 5.41) is 4.36. The first-order chi connectivity index (χ1) is 11.6. The highest BCUT2D eigenvalue weighted by atomic mass is 79.9. The maximum atomic E-state index is 12.5. The Labute approximate surface area is 150 Å². The normalized spacial score (nSPS) is 12.2. The topological polar surface area (TPSA) is 47.3 Å². The molecule has 0 aliphatic carbocycles. The molecule has 2 aromatic heterocycles. The van der Waals surface area contributed by atoms with E-state index >= 15 is 0 Å². The Morgan fingerprint density at radius 1 is 1.08 bits per heavy atom. The van der Waals surface area contributed by atoms with Crippen LogP contribution in [0.4, 0.5) is 0 Å². The molecule has 0 fully saturated rings. The highest BCUT2D eigenvalue weighted by Crippen LogP contribution is 2.17. The molecule has 118 valence electrons. The zero-order valence-corrected chi connectivity index (χ0v) is 15.1. The molecule has 2 heterocycles. The predicted molar refractivity (Wildman–Crippen MR) is 100 cm³/mol. The number of benzene rings is 2. The van der Waals surface area contributed by atoms with Crippen LogP contribution in [0.1, 0.15) is 11.1 Å². The van der Waals surface area contributed by atoms with Gasteiger partial charge < -0.3 is 0 Å². The summed E-state index contributed by atoms with van der Waals surface area (Å²) in [5.74, 6) is 0.577. The van der Waals surface area contributed by atoms with Crippen molar-refractivity contribution in [1.82, 2.24) is 14.6 Å². The third-order valence-corrected chi connectivity index (χ3v) is 5.15. The quantitative estimate of drug-likeness (QED) is 0.520. The predicted octanol–water partition coefficient (Wildman–Crippen LogP) is 3.44. The van der Waals surface area contributed by atoms with Gasteiger partial charge in [-0.05, 0) is 30.7 Å². The van der Waals surface area contributed by atoms with E-state index in [0.29, 0.717) is 15.3 Å². The summed E-state index contributed by atoms with van der Waals surface area (Å²) in [4.78, 5) is 17.6. The molecular formula is C18H12BrN3OS. The molecule has 0 spiro atoms. The molecule has 0 saturated carbocycles. The lowest BCUT2D eigenvalue weighted by molar-refractivity contribution is 0.937. The van der Waals surface area contributed by atoms with Gasteiger partial charge in [-0.15, -0.1) is 5.10 Å². The van der Waals surface area contributed by atoms with E-state index in [-0.39, 0.29) is 5.56 Å². The molecule has 4 rings (SSSR count). The molecular weight excluding hydrogens is 386 g/mol. The molecule has 0 bridgehead atoms. The molecule has 0 radical (unpaired) electrons. The molecule has 4 nitrogen and oxygen atoms in total. The Morgan fingerprint density at radius 2 is 1.79 bits per heavy atom. The lowest BCUT2D eigenvalue weighted by Crippen LogP contribution is -2.23. The highest BCUT2D eigenvalue weighted by Gasteiger charge is 2.11. The number of nitrogens with zero attached hydrogens (tertiary/aromatic N) is 3. The number of rotatable bonds is 2. The smallest absolute Gasteiger partial charge is 0.266 e. The van der Waals surface area contributed by atoms with E-state index in [4.69, 9.17) is 0 Å². The molecule has 0 unspecified atom stereocenters. The van der Waals surface area contributed by atoms with E-state index in [9.17, 15) is 4.79 Å². The van der Waals surface area contributed by atoms with Crippen molar-refractivity contribution >= 4 is 38.3 Å². The Balaban J connectivity index is 1.79. The van der Waals surface area contributed by atoms with Gasteiger partial charge in [0.25, 0.3) is 5.56 Å². The molecule has 0 amide bonds. The van der Waals surface area contributed by atoms with Gasteiger partial charge in [-0.3, -0.25) is 4.79 Å². The van der Waals surface area contributed by atoms with E-state index in [1.807, 2.05) is 61.5 Å². The van der Waals surface area contributed by atoms with Gasteiger partial charge in [0.2, 0.25) is 4.96 Å². The van der Waals surface area contributed by atoms with E-state index in [1.54, 1.807) is 0 Å². The highest BCUT2D eigenvalue weighted by molar-refractivity contribution is 9.10. The minimum Gasteiger partial charge on any atom is -0.266 e. The second kappa shape index (κ2) is 5.96. The van der Waals surface area contributed by atoms with Crippen LogP contribution in [-0.4, -0.2) is 14.6 Å². The van der Waals surface area contributed by atoms with E-state index < -0.39 is 0 Å². The molecule has 6 heteroatoms. The van der Waals surface area contributed by atoms with Crippen molar-refractivity contribution in [1.29, 1.82) is 0 Å². The number of aromatic nitrogens is 3. The number of aryl methyl sites for hydroxylation is 1. The fourth-order valence-corrected chi connectivity index (χ4v) is 3.54. The molecule has 0 N–H and O–H groups in total. The van der Waals surface area contributed by atoms with Crippen LogP contribution in [-0.2, 0) is 0 Å². The minimum absolute atomic E-state index is 0.135. The molecule has 2 aromatic carbocycles. The van der Waals surface area contributed by atoms with Gasteiger partial charge in [-0.2, -0.15) is 9.50 Å². The van der Waals surface area contributed by atoms with Gasteiger partial charge in [0.05, 0.1) is 4.53 Å². The fourth-order valence-electron chi connectivity index (χ4n) is 2.37. The van der Waals surface area contributed by atoms with Crippen LogP contribution >= 0.6 is 27.3 Å². The van der Waals surface area contributed by atoms with Gasteiger partial charge in [0.15, 0.2) is 5.82 Å². The van der Waals surface area contributed by atoms with Crippen molar-refractivity contribution in [3.8, 4) is 11.4 Å². The van der Waals surface area contributed by atoms with Crippen LogP contribution in [0.25, 0.3) is 22.4 Å². The largest absolute Gasteiger partial charge is 0.291 e. The number of halogens is 1. The summed E-state index contributed by atoms with van der Waals surface area (Å²) < 4.78 is 3.01. The average Bonchev–Trinajstić information content (AvgIpc) is 3.11. The third-order valence-electron chi connectivity index (χ3n) is 3.66. The molecule has 4 aromatic rings. The van der Waals surface area contributed by atoms with Gasteiger partial charge in [-0.25, -0.2) is 0 Å². The van der Waals surface area contributed by atoms with Crippen LogP contribution in [0.15, 0.2) is 57.8 Å². The van der Waals surface area contributed by atoms with Crippen LogP contribution < -0.4 is 10.1 Å². The monoisotopic (exact) mass is 397 g/mol. The second-order valence-electron chi connectivity index (χ2n) is 5.46. The standard InChI is InChI=1S/C18H12BrN3OS/c1-11-2-6-13(7-3-11)16-20-18-22(21-16)17(23)15(24-18)10-12-4-8-14(19)9-5-12/h2-10H,1H3. The number of hydrogen-bond acceptors (Lipinski definition) is 4. The molecule has 0 aliphatic heterocycles. The second-order valence-corrected chi connectivity index (χ2v) is 7.39. The van der Waals surface area contributed by atoms with E-state index in [1.165, 1.54) is 21.4 Å². The summed E-state index contributed by atoms with van der Waals surface area (Å²) in [6, 6.07) is 15.8. The van der Waals surface area contributed by atoms with E-state index in [2.05, 4.69) is 26.0 Å². The maximum Gasteiger partial charge on any atom is 0.291 e. The van der Waals surface area contributed by atoms with Crippen molar-refractivity contribution in [3.63, 3.8) is 0 Å². The molecule has 24 heavy (non-hydrogen) atoms. The Bertz CT molecular complexity index is 1130. The lowest BCUT2D eigenvalue weighted by atomic mass is 10.1. The van der Waals surface area contributed by atoms with Gasteiger partial charge in [0, 0.05) is 10.0 Å². The average molecular weight is 398 g/mol. The number of thiazole rings is 1. The van der Waals surface area contributed by atoms with Gasteiger partial charge >= 0.3 is 0 Å². The van der Waals surface area contributed by atoms with Crippen LogP contribution in [0.3, 0.4) is 0 Å². The van der Waals surface area contributed by atoms with Crippen molar-refractivity contribution in [3.05, 3.63) is 79.0 Å². The zero-order chi connectivity index (χ0) is 16.7. The summed E-state index contributed by atoms with van der Waals surface area (Å²) in [7, 11) is 0. The number of hydrogen-bond donors (Lipinski definition) is 0. The third kappa shape index (κ3) is 2.79. The van der Waals surface area contributed by atoms with Gasteiger partial charge in [0.1, 0.15) is 0 Å². The SMILES string of the molecule is Cc1ccc(-c2nc3sc(=Cc4ccc(Br)cc4)c(=O)n3n2)cc1. The van der Waals surface area contributed by atoms with Crippen molar-refractivity contribution in [2.24, 2.45) is 0 Å². The van der Waals surface area contributed by atoms with Crippen LogP contribution in [0.5, 0.6) is 0 Å². The van der Waals surface area contributed by atoms with Crippen molar-refractivity contribution < 1.29 is 0 Å². The Hall–Kier alpha value is -2.31. The van der Waals surface area contributed by atoms with Crippen molar-refractivity contribution in [2.45, 2.75) is 6.92 Å². The summed E-state index contributed by atoms with van der Waals surface area (Å²) in [6.07, 6.45) is 1.86. The Kier molecular flexibility index (Phi) is 3.78. The molecule has 0 aliphatic rings. The lowest BCUT2D eigenvalue weighted by Gasteiger charge is -1.95. The van der Waals surface area contributed by atoms with Crippen LogP contribution in [0.2, 0.25) is 0 Å². The van der Waals surface area contributed by atoms with Crippen LogP contribution in [0, 0.1) is 6.92 Å². The first-order valence-electron chi connectivity index (χ1n) is 7.34. The number of fused-ring (bicyclic) bond motifs is 1. The molecule has 0 atom stereocenters. The first kappa shape index (κ1) is 15.2. The van der Waals surface area contributed by atoms with Gasteiger partial charge in [-0.1, -0.05) is 69.2 Å². The first-order valence-corrected chi connectivity index (χ1v) is 8.95. The van der Waals surface area contributed by atoms with E-state index in [0.717, 1.165) is 15.6 Å². The Morgan fingerprint density at radius 3 is 2.46 bits per heavy atom.